The van der Waals surface area contributed by atoms with E-state index in [1.54, 1.807) is 30.3 Å². The molecule has 0 heterocycles. The SMILES string of the molecule is NC(Cc1ccccc1)C(=O)NCC(=O)NC(CC(=O)O)C(=O)NC(CCC(=O)O)C(=O)O. The molecule has 0 fully saturated rings. The summed E-state index contributed by atoms with van der Waals surface area (Å²) in [6, 6.07) is 4.69. The van der Waals surface area contributed by atoms with Crippen molar-refractivity contribution in [2.24, 2.45) is 5.73 Å². The van der Waals surface area contributed by atoms with E-state index < -0.39 is 79.6 Å². The van der Waals surface area contributed by atoms with Crippen molar-refractivity contribution in [2.45, 2.75) is 43.8 Å². The largest absolute Gasteiger partial charge is 0.481 e. The highest BCUT2D eigenvalue weighted by molar-refractivity contribution is 5.94. The van der Waals surface area contributed by atoms with Crippen molar-refractivity contribution >= 4 is 35.6 Å². The molecule has 33 heavy (non-hydrogen) atoms. The van der Waals surface area contributed by atoms with Crippen LogP contribution in [0.4, 0.5) is 0 Å². The van der Waals surface area contributed by atoms with E-state index in [0.29, 0.717) is 0 Å². The van der Waals surface area contributed by atoms with Crippen LogP contribution in [0.25, 0.3) is 0 Å². The van der Waals surface area contributed by atoms with E-state index >= 15 is 0 Å². The zero-order valence-electron chi connectivity index (χ0n) is 17.5. The van der Waals surface area contributed by atoms with Crippen LogP contribution < -0.4 is 21.7 Å². The molecule has 13 nitrogen and oxygen atoms in total. The summed E-state index contributed by atoms with van der Waals surface area (Å²) in [5.74, 6) is -6.95. The molecule has 0 saturated carbocycles. The van der Waals surface area contributed by atoms with Crippen molar-refractivity contribution < 1.29 is 44.1 Å². The lowest BCUT2D eigenvalue weighted by Crippen LogP contribution is -2.54. The van der Waals surface area contributed by atoms with Gasteiger partial charge in [0.25, 0.3) is 0 Å². The molecule has 13 heteroatoms. The predicted octanol–water partition coefficient (Wildman–Crippen LogP) is -1.93. The van der Waals surface area contributed by atoms with Crippen molar-refractivity contribution in [1.82, 2.24) is 16.0 Å². The fraction of sp³-hybridized carbons (Fsp3) is 0.400. The van der Waals surface area contributed by atoms with Gasteiger partial charge in [0.2, 0.25) is 17.7 Å². The van der Waals surface area contributed by atoms with Gasteiger partial charge in [0.05, 0.1) is 19.0 Å². The van der Waals surface area contributed by atoms with Crippen molar-refractivity contribution in [1.29, 1.82) is 0 Å². The zero-order chi connectivity index (χ0) is 25.0. The van der Waals surface area contributed by atoms with Crippen molar-refractivity contribution in [3.8, 4) is 0 Å². The van der Waals surface area contributed by atoms with Gasteiger partial charge < -0.3 is 37.0 Å². The Morgan fingerprint density at radius 1 is 0.848 bits per heavy atom. The summed E-state index contributed by atoms with van der Waals surface area (Å²) in [7, 11) is 0. The number of aliphatic carboxylic acids is 3. The second-order valence-electron chi connectivity index (χ2n) is 7.06. The Morgan fingerprint density at radius 2 is 1.48 bits per heavy atom. The molecule has 8 N–H and O–H groups in total. The Labute approximate surface area is 188 Å². The normalized spacial score (nSPS) is 13.1. The van der Waals surface area contributed by atoms with Gasteiger partial charge in [-0.2, -0.15) is 0 Å². The van der Waals surface area contributed by atoms with E-state index in [1.165, 1.54) is 0 Å². The molecule has 0 spiro atoms. The molecule has 0 aromatic heterocycles. The van der Waals surface area contributed by atoms with E-state index in [1.807, 2.05) is 5.32 Å². The number of nitrogens with one attached hydrogen (secondary N) is 3. The lowest BCUT2D eigenvalue weighted by molar-refractivity contribution is -0.144. The smallest absolute Gasteiger partial charge is 0.326 e. The lowest BCUT2D eigenvalue weighted by atomic mass is 10.1. The standard InChI is InChI=1S/C20H26N4O9/c21-12(8-11-4-2-1-3-5-11)18(30)22-10-15(25)23-14(9-17(28)29)19(31)24-13(20(32)33)6-7-16(26)27/h1-5,12-14H,6-10,21H2,(H,22,30)(H,23,25)(H,24,31)(H,26,27)(H,28,29)(H,32,33). The number of amides is 3. The van der Waals surface area contributed by atoms with Crippen LogP contribution in [0.3, 0.4) is 0 Å². The second-order valence-corrected chi connectivity index (χ2v) is 7.06. The van der Waals surface area contributed by atoms with Gasteiger partial charge in [-0.05, 0) is 18.4 Å². The summed E-state index contributed by atoms with van der Waals surface area (Å²) in [5.41, 5.74) is 6.61. The van der Waals surface area contributed by atoms with Crippen LogP contribution in [-0.4, -0.2) is 75.6 Å². The van der Waals surface area contributed by atoms with Crippen LogP contribution in [0.2, 0.25) is 0 Å². The maximum atomic E-state index is 12.3. The van der Waals surface area contributed by atoms with Gasteiger partial charge in [0.1, 0.15) is 12.1 Å². The zero-order valence-corrected chi connectivity index (χ0v) is 17.5. The average molecular weight is 466 g/mol. The second kappa shape index (κ2) is 13.4. The topological polar surface area (TPSA) is 225 Å². The molecular weight excluding hydrogens is 440 g/mol. The number of carboxylic acid groups (broad SMARTS) is 3. The molecule has 0 bridgehead atoms. The number of carbonyl (C=O) groups is 6. The Balaban J connectivity index is 2.65. The first-order valence-electron chi connectivity index (χ1n) is 9.83. The first-order chi connectivity index (χ1) is 15.5. The van der Waals surface area contributed by atoms with Gasteiger partial charge >= 0.3 is 17.9 Å². The van der Waals surface area contributed by atoms with Crippen molar-refractivity contribution in [3.05, 3.63) is 35.9 Å². The number of rotatable bonds is 14. The number of hydrogen-bond donors (Lipinski definition) is 7. The van der Waals surface area contributed by atoms with Crippen LogP contribution in [-0.2, 0) is 35.2 Å². The molecule has 0 saturated heterocycles. The molecule has 0 radical (unpaired) electrons. The van der Waals surface area contributed by atoms with E-state index in [4.69, 9.17) is 21.1 Å². The highest BCUT2D eigenvalue weighted by Gasteiger charge is 2.28. The molecule has 1 aromatic carbocycles. The number of carboxylic acids is 3. The summed E-state index contributed by atoms with van der Waals surface area (Å²) in [6.07, 6.45) is -1.66. The van der Waals surface area contributed by atoms with Gasteiger partial charge in [-0.3, -0.25) is 24.0 Å². The van der Waals surface area contributed by atoms with Crippen LogP contribution in [0, 0.1) is 0 Å². The minimum Gasteiger partial charge on any atom is -0.481 e. The van der Waals surface area contributed by atoms with Crippen LogP contribution in [0.1, 0.15) is 24.8 Å². The molecule has 3 amide bonds. The van der Waals surface area contributed by atoms with Crippen molar-refractivity contribution in [2.75, 3.05) is 6.54 Å². The van der Waals surface area contributed by atoms with E-state index in [0.717, 1.165) is 5.56 Å². The van der Waals surface area contributed by atoms with Crippen LogP contribution >= 0.6 is 0 Å². The third kappa shape index (κ3) is 10.7. The summed E-state index contributed by atoms with van der Waals surface area (Å²) in [6.45, 7) is -0.605. The average Bonchev–Trinajstić information content (AvgIpc) is 2.74. The molecule has 3 unspecified atom stereocenters. The van der Waals surface area contributed by atoms with E-state index in [2.05, 4.69) is 10.6 Å². The predicted molar refractivity (Wildman–Crippen MR) is 112 cm³/mol. The summed E-state index contributed by atoms with van der Waals surface area (Å²) in [4.78, 5) is 69.4. The quantitative estimate of drug-likeness (QED) is 0.161. The molecule has 0 aliphatic rings. The number of benzene rings is 1. The maximum absolute atomic E-state index is 12.3. The van der Waals surface area contributed by atoms with E-state index in [9.17, 15) is 28.8 Å². The Hall–Kier alpha value is -4.00. The maximum Gasteiger partial charge on any atom is 0.326 e. The summed E-state index contributed by atoms with van der Waals surface area (Å²) in [5, 5.41) is 33.2. The number of carbonyl (C=O) groups excluding carboxylic acids is 3. The monoisotopic (exact) mass is 466 g/mol. The van der Waals surface area contributed by atoms with Gasteiger partial charge in [-0.15, -0.1) is 0 Å². The molecule has 0 aliphatic carbocycles. The lowest BCUT2D eigenvalue weighted by Gasteiger charge is -2.20. The Kier molecular flexibility index (Phi) is 11.0. The Bertz CT molecular complexity index is 876. The van der Waals surface area contributed by atoms with Gasteiger partial charge in [0.15, 0.2) is 0 Å². The molecule has 180 valence electrons. The van der Waals surface area contributed by atoms with E-state index in [-0.39, 0.29) is 6.42 Å². The fourth-order valence-corrected chi connectivity index (χ4v) is 2.69. The highest BCUT2D eigenvalue weighted by atomic mass is 16.4. The van der Waals surface area contributed by atoms with Gasteiger partial charge in [-0.1, -0.05) is 30.3 Å². The Morgan fingerprint density at radius 3 is 2.03 bits per heavy atom. The molecular formula is C20H26N4O9. The first-order valence-corrected chi connectivity index (χ1v) is 9.83. The molecule has 1 rings (SSSR count). The highest BCUT2D eigenvalue weighted by Crippen LogP contribution is 2.03. The van der Waals surface area contributed by atoms with Crippen LogP contribution in [0.15, 0.2) is 30.3 Å². The third-order valence-electron chi connectivity index (χ3n) is 4.35. The minimum atomic E-state index is -1.66. The minimum absolute atomic E-state index is 0.214. The summed E-state index contributed by atoms with van der Waals surface area (Å²) >= 11 is 0. The van der Waals surface area contributed by atoms with Gasteiger partial charge in [0, 0.05) is 6.42 Å². The van der Waals surface area contributed by atoms with Gasteiger partial charge in [-0.25, -0.2) is 4.79 Å². The third-order valence-corrected chi connectivity index (χ3v) is 4.35. The molecule has 1 aromatic rings. The van der Waals surface area contributed by atoms with Crippen LogP contribution in [0.5, 0.6) is 0 Å². The van der Waals surface area contributed by atoms with Crippen molar-refractivity contribution in [3.63, 3.8) is 0 Å². The fourth-order valence-electron chi connectivity index (χ4n) is 2.69. The first kappa shape index (κ1) is 27.0. The molecule has 0 aliphatic heterocycles. The molecule has 3 atom stereocenters. The number of hydrogen-bond acceptors (Lipinski definition) is 7. The number of nitrogens with two attached hydrogens (primary N) is 1. The summed E-state index contributed by atoms with van der Waals surface area (Å²) < 4.78 is 0.